The van der Waals surface area contributed by atoms with E-state index in [4.69, 9.17) is 0 Å². The van der Waals surface area contributed by atoms with Gasteiger partial charge >= 0.3 is 5.69 Å². The molecule has 0 bridgehead atoms. The molecule has 2 aromatic heterocycles. The van der Waals surface area contributed by atoms with Crippen LogP contribution in [0.15, 0.2) is 23.1 Å². The van der Waals surface area contributed by atoms with E-state index in [1.165, 1.54) is 15.8 Å². The number of aromatic nitrogens is 4. The summed E-state index contributed by atoms with van der Waals surface area (Å²) in [7, 11) is 1.67. The van der Waals surface area contributed by atoms with Crippen molar-refractivity contribution >= 4 is 27.5 Å². The average Bonchev–Trinajstić information content (AvgIpc) is 3.14. The van der Waals surface area contributed by atoms with E-state index in [-0.39, 0.29) is 11.6 Å². The van der Waals surface area contributed by atoms with Crippen LogP contribution in [0, 0.1) is 10.1 Å². The minimum absolute atomic E-state index is 0.150. The fourth-order valence-corrected chi connectivity index (χ4v) is 2.72. The molecule has 10 heteroatoms. The van der Waals surface area contributed by atoms with Gasteiger partial charge in [0.2, 0.25) is 5.91 Å². The van der Waals surface area contributed by atoms with Crippen molar-refractivity contribution in [2.75, 3.05) is 7.05 Å². The number of carbonyl (C=O) groups excluding carboxylic acids is 1. The highest BCUT2D eigenvalue weighted by Crippen LogP contribution is 2.23. The molecule has 1 amide bonds. The van der Waals surface area contributed by atoms with E-state index in [9.17, 15) is 14.9 Å². The maximum Gasteiger partial charge on any atom is 0.307 e. The molecule has 0 atom stereocenters. The van der Waals surface area contributed by atoms with Gasteiger partial charge in [-0.2, -0.15) is 10.2 Å². The van der Waals surface area contributed by atoms with Gasteiger partial charge in [0.05, 0.1) is 21.6 Å². The Bertz CT molecular complexity index is 766. The molecule has 9 nitrogen and oxygen atoms in total. The van der Waals surface area contributed by atoms with E-state index in [0.29, 0.717) is 6.54 Å². The van der Waals surface area contributed by atoms with Gasteiger partial charge in [-0.3, -0.25) is 24.3 Å². The maximum absolute atomic E-state index is 12.8. The molecule has 0 saturated carbocycles. The van der Waals surface area contributed by atoms with Gasteiger partial charge in [0, 0.05) is 19.8 Å². The second-order valence-electron chi connectivity index (χ2n) is 5.90. The first-order valence-corrected chi connectivity index (χ1v) is 8.13. The second-order valence-corrected chi connectivity index (χ2v) is 6.75. The number of amides is 1. The topological polar surface area (TPSA) is 99.1 Å². The van der Waals surface area contributed by atoms with Crippen molar-refractivity contribution in [2.24, 2.45) is 0 Å². The molecule has 0 N–H and O–H groups in total. The quantitative estimate of drug-likeness (QED) is 0.548. The molecule has 2 heterocycles. The van der Waals surface area contributed by atoms with E-state index in [0.717, 1.165) is 22.9 Å². The summed E-state index contributed by atoms with van der Waals surface area (Å²) in [6.07, 6.45) is 4.25. The predicted molar refractivity (Wildman–Crippen MR) is 90.3 cm³/mol. The van der Waals surface area contributed by atoms with Crippen LogP contribution in [0.25, 0.3) is 0 Å². The van der Waals surface area contributed by atoms with Crippen LogP contribution in [0.5, 0.6) is 0 Å². The number of nitro groups is 1. The molecule has 0 saturated heterocycles. The third-order valence-electron chi connectivity index (χ3n) is 3.72. The Hall–Kier alpha value is -2.23. The van der Waals surface area contributed by atoms with Gasteiger partial charge in [-0.1, -0.05) is 0 Å². The number of halogens is 1. The highest BCUT2D eigenvalue weighted by atomic mass is 79.9. The van der Waals surface area contributed by atoms with Crippen molar-refractivity contribution in [3.63, 3.8) is 0 Å². The van der Waals surface area contributed by atoms with Gasteiger partial charge < -0.3 is 4.90 Å². The Morgan fingerprint density at radius 1 is 1.46 bits per heavy atom. The van der Waals surface area contributed by atoms with Crippen molar-refractivity contribution in [1.29, 1.82) is 0 Å². The number of aryl methyl sites for hydroxylation is 1. The summed E-state index contributed by atoms with van der Waals surface area (Å²) < 4.78 is 3.92. The second kappa shape index (κ2) is 6.71. The first-order chi connectivity index (χ1) is 11.2. The van der Waals surface area contributed by atoms with Gasteiger partial charge in [0.1, 0.15) is 17.9 Å². The van der Waals surface area contributed by atoms with Crippen LogP contribution < -0.4 is 0 Å². The van der Waals surface area contributed by atoms with Crippen molar-refractivity contribution in [3.8, 4) is 0 Å². The van der Waals surface area contributed by atoms with Crippen LogP contribution in [-0.4, -0.2) is 42.3 Å². The van der Waals surface area contributed by atoms with Gasteiger partial charge in [-0.15, -0.1) is 0 Å². The van der Waals surface area contributed by atoms with Crippen LogP contribution in [0.1, 0.15) is 26.5 Å². The van der Waals surface area contributed by atoms with Gasteiger partial charge in [0.25, 0.3) is 0 Å². The summed E-state index contributed by atoms with van der Waals surface area (Å²) in [5.41, 5.74) is -0.457. The maximum atomic E-state index is 12.8. The first-order valence-electron chi connectivity index (χ1n) is 7.33. The van der Waals surface area contributed by atoms with E-state index >= 15 is 0 Å². The average molecular weight is 399 g/mol. The fraction of sp³-hybridized carbons (Fsp3) is 0.500. The molecule has 2 aromatic rings. The molecule has 0 aliphatic carbocycles. The normalized spacial score (nSPS) is 11.5. The lowest BCUT2D eigenvalue weighted by Gasteiger charge is -2.29. The summed E-state index contributed by atoms with van der Waals surface area (Å²) in [5.74, 6) is -0.224. The predicted octanol–water partition coefficient (Wildman–Crippen LogP) is 2.16. The van der Waals surface area contributed by atoms with Crippen LogP contribution in [-0.2, 0) is 23.4 Å². The summed E-state index contributed by atoms with van der Waals surface area (Å²) in [6.45, 7) is 6.37. The van der Waals surface area contributed by atoms with Crippen LogP contribution in [0.3, 0.4) is 0 Å². The smallest absolute Gasteiger partial charge is 0.307 e. The third-order valence-corrected chi connectivity index (χ3v) is 4.38. The highest BCUT2D eigenvalue weighted by Gasteiger charge is 2.34. The summed E-state index contributed by atoms with van der Waals surface area (Å²) in [5, 5.41) is 19.1. The van der Waals surface area contributed by atoms with E-state index in [2.05, 4.69) is 26.1 Å². The molecule has 0 spiro atoms. The first kappa shape index (κ1) is 18.1. The Morgan fingerprint density at radius 3 is 2.62 bits per heavy atom. The van der Waals surface area contributed by atoms with E-state index in [1.807, 2.05) is 13.1 Å². The Morgan fingerprint density at radius 2 is 2.12 bits per heavy atom. The van der Waals surface area contributed by atoms with Gasteiger partial charge in [-0.25, -0.2) is 0 Å². The molecule has 0 aliphatic rings. The molecule has 0 radical (unpaired) electrons. The lowest BCUT2D eigenvalue weighted by atomic mass is 10.0. The molecular formula is C14H19BrN6O3. The fourth-order valence-electron chi connectivity index (χ4n) is 2.28. The standard InChI is InChI=1S/C14H19BrN6O3/c1-5-19-8-11(15)12(17-19)9-18(4)13(22)14(2,3)20-7-10(6-16-20)21(23)24/h6-8H,5,9H2,1-4H3. The lowest BCUT2D eigenvalue weighted by molar-refractivity contribution is -0.385. The molecule has 24 heavy (non-hydrogen) atoms. The van der Waals surface area contributed by atoms with E-state index < -0.39 is 10.5 Å². The summed E-state index contributed by atoms with van der Waals surface area (Å²) in [6, 6.07) is 0. The zero-order valence-corrected chi connectivity index (χ0v) is 15.5. The zero-order valence-electron chi connectivity index (χ0n) is 13.9. The molecular weight excluding hydrogens is 380 g/mol. The highest BCUT2D eigenvalue weighted by molar-refractivity contribution is 9.10. The minimum Gasteiger partial charge on any atom is -0.338 e. The molecule has 0 aromatic carbocycles. The Balaban J connectivity index is 2.18. The van der Waals surface area contributed by atoms with Crippen LogP contribution in [0.4, 0.5) is 5.69 Å². The van der Waals surface area contributed by atoms with Crippen molar-refractivity contribution in [3.05, 3.63) is 38.9 Å². The molecule has 2 rings (SSSR count). The summed E-state index contributed by atoms with van der Waals surface area (Å²) in [4.78, 5) is 24.6. The van der Waals surface area contributed by atoms with Crippen molar-refractivity contribution in [1.82, 2.24) is 24.5 Å². The zero-order chi connectivity index (χ0) is 18.1. The molecule has 0 unspecified atom stereocenters. The number of carbonyl (C=O) groups is 1. The van der Waals surface area contributed by atoms with Gasteiger partial charge in [-0.05, 0) is 36.7 Å². The number of hydrogen-bond donors (Lipinski definition) is 0. The van der Waals surface area contributed by atoms with Crippen molar-refractivity contribution in [2.45, 2.75) is 39.4 Å². The van der Waals surface area contributed by atoms with Crippen molar-refractivity contribution < 1.29 is 9.72 Å². The molecule has 0 fully saturated rings. The monoisotopic (exact) mass is 398 g/mol. The van der Waals surface area contributed by atoms with Gasteiger partial charge in [0.15, 0.2) is 0 Å². The van der Waals surface area contributed by atoms with Crippen LogP contribution >= 0.6 is 15.9 Å². The number of hydrogen-bond acceptors (Lipinski definition) is 5. The summed E-state index contributed by atoms with van der Waals surface area (Å²) >= 11 is 3.44. The van der Waals surface area contributed by atoms with Crippen LogP contribution in [0.2, 0.25) is 0 Å². The van der Waals surface area contributed by atoms with E-state index in [1.54, 1.807) is 25.6 Å². The number of likely N-dealkylation sites (N-methyl/N-ethyl adjacent to an activating group) is 1. The third kappa shape index (κ3) is 3.48. The largest absolute Gasteiger partial charge is 0.338 e. The molecule has 0 aliphatic heterocycles. The number of rotatable bonds is 6. The minimum atomic E-state index is -1.05. The Labute approximate surface area is 147 Å². The Kier molecular flexibility index (Phi) is 5.07. The lowest BCUT2D eigenvalue weighted by Crippen LogP contribution is -2.45. The molecule has 130 valence electrons. The number of nitrogens with zero attached hydrogens (tertiary/aromatic N) is 6. The SMILES string of the molecule is CCn1cc(Br)c(CN(C)C(=O)C(C)(C)n2cc([N+](=O)[O-])cn2)n1.